The molecule has 1 saturated heterocycles. The Bertz CT molecular complexity index is 1050. The fraction of sp³-hybridized carbons (Fsp3) is 0.381. The number of piperazine rings is 1. The van der Waals surface area contributed by atoms with E-state index in [2.05, 4.69) is 24.8 Å². The molecule has 0 bridgehead atoms. The summed E-state index contributed by atoms with van der Waals surface area (Å²) in [4.78, 5) is 25.9. The second kappa shape index (κ2) is 8.89. The number of hydrogen-bond acceptors (Lipinski definition) is 5. The molecule has 0 atom stereocenters. The molecule has 3 aromatic rings. The average molecular weight is 429 g/mol. The zero-order valence-corrected chi connectivity index (χ0v) is 17.9. The molecule has 3 heterocycles. The molecule has 2 amide bonds. The van der Waals surface area contributed by atoms with Crippen LogP contribution in [0.5, 0.6) is 5.75 Å². The number of fused-ring (bicyclic) bond motifs is 1. The van der Waals surface area contributed by atoms with Crippen molar-refractivity contribution < 1.29 is 9.53 Å². The van der Waals surface area contributed by atoms with Gasteiger partial charge in [0.2, 0.25) is 0 Å². The van der Waals surface area contributed by atoms with Gasteiger partial charge < -0.3 is 19.5 Å². The van der Waals surface area contributed by atoms with Crippen LogP contribution in [0.3, 0.4) is 0 Å². The first kappa shape index (κ1) is 20.4. The van der Waals surface area contributed by atoms with Crippen LogP contribution in [0.4, 0.5) is 10.5 Å². The molecular formula is C21H25ClN6O2. The quantitative estimate of drug-likeness (QED) is 0.675. The number of methoxy groups -OCH3 is 1. The van der Waals surface area contributed by atoms with Gasteiger partial charge in [-0.25, -0.2) is 14.8 Å². The van der Waals surface area contributed by atoms with Crippen molar-refractivity contribution in [3.05, 3.63) is 47.4 Å². The maximum absolute atomic E-state index is 12.7. The molecule has 1 aliphatic rings. The van der Waals surface area contributed by atoms with Crippen molar-refractivity contribution in [2.75, 3.05) is 45.2 Å². The zero-order chi connectivity index (χ0) is 21.1. The third-order valence-electron chi connectivity index (χ3n) is 5.40. The van der Waals surface area contributed by atoms with Crippen LogP contribution >= 0.6 is 11.6 Å². The number of rotatable bonds is 5. The van der Waals surface area contributed by atoms with Gasteiger partial charge in [0, 0.05) is 50.5 Å². The summed E-state index contributed by atoms with van der Waals surface area (Å²) in [5, 5.41) is 3.46. The smallest absolute Gasteiger partial charge is 0.322 e. The number of urea groups is 1. The van der Waals surface area contributed by atoms with E-state index in [1.165, 1.54) is 0 Å². The van der Waals surface area contributed by atoms with E-state index in [0.717, 1.165) is 43.2 Å². The van der Waals surface area contributed by atoms with Crippen molar-refractivity contribution in [3.63, 3.8) is 0 Å². The number of carbonyl (C=O) groups excluding carboxylic acids is 1. The number of ether oxygens (including phenoxy) is 1. The Labute approximate surface area is 180 Å². The first-order chi connectivity index (χ1) is 14.5. The van der Waals surface area contributed by atoms with Gasteiger partial charge in [-0.2, -0.15) is 0 Å². The molecule has 0 unspecified atom stereocenters. The van der Waals surface area contributed by atoms with Gasteiger partial charge in [0.15, 0.2) is 5.65 Å². The van der Waals surface area contributed by atoms with Crippen LogP contribution in [0, 0.1) is 6.92 Å². The molecule has 0 aliphatic carbocycles. The summed E-state index contributed by atoms with van der Waals surface area (Å²) < 4.78 is 7.45. The minimum atomic E-state index is -0.143. The highest BCUT2D eigenvalue weighted by Crippen LogP contribution is 2.28. The molecule has 2 aromatic heterocycles. The lowest BCUT2D eigenvalue weighted by Gasteiger charge is -2.34. The Hall–Kier alpha value is -2.84. The van der Waals surface area contributed by atoms with Crippen LogP contribution in [0.25, 0.3) is 11.2 Å². The average Bonchev–Trinajstić information content (AvgIpc) is 3.07. The fourth-order valence-corrected chi connectivity index (χ4v) is 3.90. The molecule has 0 spiro atoms. The van der Waals surface area contributed by atoms with Crippen LogP contribution in [0.1, 0.15) is 5.82 Å². The largest absolute Gasteiger partial charge is 0.495 e. The predicted molar refractivity (Wildman–Crippen MR) is 117 cm³/mol. The molecule has 158 valence electrons. The van der Waals surface area contributed by atoms with E-state index in [1.807, 2.05) is 24.0 Å². The first-order valence-corrected chi connectivity index (χ1v) is 10.3. The number of anilines is 1. The number of amides is 2. The molecule has 4 rings (SSSR count). The number of pyridine rings is 1. The van der Waals surface area contributed by atoms with Gasteiger partial charge in [0.1, 0.15) is 17.1 Å². The van der Waals surface area contributed by atoms with Gasteiger partial charge in [-0.1, -0.05) is 11.6 Å². The monoisotopic (exact) mass is 428 g/mol. The maximum atomic E-state index is 12.7. The number of halogens is 1. The summed E-state index contributed by atoms with van der Waals surface area (Å²) in [6.07, 6.45) is 1.80. The van der Waals surface area contributed by atoms with Crippen molar-refractivity contribution >= 4 is 34.5 Å². The summed E-state index contributed by atoms with van der Waals surface area (Å²) in [6.45, 7) is 6.69. The Balaban J connectivity index is 1.31. The normalized spacial score (nSPS) is 14.8. The Morgan fingerprint density at radius 3 is 2.77 bits per heavy atom. The van der Waals surface area contributed by atoms with Crippen LogP contribution < -0.4 is 10.1 Å². The number of imidazole rings is 1. The van der Waals surface area contributed by atoms with E-state index in [9.17, 15) is 4.79 Å². The summed E-state index contributed by atoms with van der Waals surface area (Å²) in [6, 6.07) is 8.92. The van der Waals surface area contributed by atoms with E-state index >= 15 is 0 Å². The lowest BCUT2D eigenvalue weighted by Crippen LogP contribution is -2.50. The van der Waals surface area contributed by atoms with Gasteiger partial charge in [-0.05, 0) is 37.3 Å². The number of hydrogen-bond donors (Lipinski definition) is 1. The Kier molecular flexibility index (Phi) is 6.06. The van der Waals surface area contributed by atoms with Crippen LogP contribution in [0.2, 0.25) is 5.02 Å². The van der Waals surface area contributed by atoms with Crippen molar-refractivity contribution in [3.8, 4) is 5.75 Å². The summed E-state index contributed by atoms with van der Waals surface area (Å²) in [5.74, 6) is 1.56. The minimum absolute atomic E-state index is 0.143. The van der Waals surface area contributed by atoms with Crippen LogP contribution in [-0.4, -0.2) is 70.2 Å². The highest BCUT2D eigenvalue weighted by Gasteiger charge is 2.22. The van der Waals surface area contributed by atoms with E-state index in [-0.39, 0.29) is 6.03 Å². The number of benzene rings is 1. The molecule has 1 N–H and O–H groups in total. The first-order valence-electron chi connectivity index (χ1n) is 9.95. The third kappa shape index (κ3) is 4.34. The number of nitrogens with one attached hydrogen (secondary N) is 1. The molecule has 0 radical (unpaired) electrons. The van der Waals surface area contributed by atoms with E-state index < -0.39 is 0 Å². The van der Waals surface area contributed by atoms with Crippen molar-refractivity contribution in [1.82, 2.24) is 24.3 Å². The van der Waals surface area contributed by atoms with Crippen molar-refractivity contribution in [1.29, 1.82) is 0 Å². The molecule has 1 fully saturated rings. The maximum Gasteiger partial charge on any atom is 0.322 e. The molecule has 0 saturated carbocycles. The SMILES string of the molecule is COc1ccc(Cl)cc1NC(=O)N1CCN(CCn2c(C)nc3cccnc32)CC1. The number of carbonyl (C=O) groups is 1. The third-order valence-corrected chi connectivity index (χ3v) is 5.63. The van der Waals surface area contributed by atoms with Gasteiger partial charge in [-0.3, -0.25) is 4.90 Å². The molecule has 9 heteroatoms. The van der Waals surface area contributed by atoms with Gasteiger partial charge in [0.25, 0.3) is 0 Å². The molecule has 1 aromatic carbocycles. The Morgan fingerprint density at radius 2 is 2.00 bits per heavy atom. The molecule has 30 heavy (non-hydrogen) atoms. The highest BCUT2D eigenvalue weighted by molar-refractivity contribution is 6.31. The van der Waals surface area contributed by atoms with Gasteiger partial charge in [0.05, 0.1) is 12.8 Å². The lowest BCUT2D eigenvalue weighted by atomic mass is 10.3. The summed E-state index contributed by atoms with van der Waals surface area (Å²) in [5.41, 5.74) is 2.42. The molecule has 1 aliphatic heterocycles. The van der Waals surface area contributed by atoms with Gasteiger partial charge in [-0.15, -0.1) is 0 Å². The fourth-order valence-electron chi connectivity index (χ4n) is 3.73. The minimum Gasteiger partial charge on any atom is -0.495 e. The molecular weight excluding hydrogens is 404 g/mol. The standard InChI is InChI=1S/C21H25ClN6O2/c1-15-24-17-4-3-7-23-20(17)28(15)13-10-26-8-11-27(12-9-26)21(29)25-18-14-16(22)5-6-19(18)30-2/h3-7,14H,8-13H2,1-2H3,(H,25,29). The molecule has 8 nitrogen and oxygen atoms in total. The summed E-state index contributed by atoms with van der Waals surface area (Å²) in [7, 11) is 1.57. The number of aryl methyl sites for hydroxylation is 1. The highest BCUT2D eigenvalue weighted by atomic mass is 35.5. The topological polar surface area (TPSA) is 75.5 Å². The van der Waals surface area contributed by atoms with Gasteiger partial charge >= 0.3 is 6.03 Å². The predicted octanol–water partition coefficient (Wildman–Crippen LogP) is 3.25. The van der Waals surface area contributed by atoms with Crippen molar-refractivity contribution in [2.24, 2.45) is 0 Å². The number of nitrogens with zero attached hydrogens (tertiary/aromatic N) is 5. The zero-order valence-electron chi connectivity index (χ0n) is 17.1. The van der Waals surface area contributed by atoms with Crippen LogP contribution in [-0.2, 0) is 6.54 Å². The van der Waals surface area contributed by atoms with E-state index in [4.69, 9.17) is 16.3 Å². The second-order valence-electron chi connectivity index (χ2n) is 7.26. The van der Waals surface area contributed by atoms with E-state index in [0.29, 0.717) is 29.5 Å². The lowest BCUT2D eigenvalue weighted by molar-refractivity contribution is 0.144. The van der Waals surface area contributed by atoms with Crippen LogP contribution in [0.15, 0.2) is 36.5 Å². The number of aromatic nitrogens is 3. The van der Waals surface area contributed by atoms with E-state index in [1.54, 1.807) is 31.5 Å². The Morgan fingerprint density at radius 1 is 1.20 bits per heavy atom. The van der Waals surface area contributed by atoms with Crippen molar-refractivity contribution in [2.45, 2.75) is 13.5 Å². The second-order valence-corrected chi connectivity index (χ2v) is 7.70. The summed E-state index contributed by atoms with van der Waals surface area (Å²) >= 11 is 6.05.